The van der Waals surface area contributed by atoms with Crippen molar-refractivity contribution in [3.63, 3.8) is 0 Å². The number of carbonyl (C=O) groups excluding carboxylic acids is 1. The van der Waals surface area contributed by atoms with Crippen LogP contribution in [0.15, 0.2) is 0 Å². The number of nitrogens with one attached hydrogen (secondary N) is 1. The van der Waals surface area contributed by atoms with E-state index in [1.54, 1.807) is 0 Å². The Balaban J connectivity index is 2.06. The van der Waals surface area contributed by atoms with E-state index in [0.717, 1.165) is 19.3 Å². The van der Waals surface area contributed by atoms with Crippen molar-refractivity contribution in [2.75, 3.05) is 19.8 Å². The maximum Gasteiger partial charge on any atom is 0.220 e. The number of aliphatic hydroxyl groups is 5. The summed E-state index contributed by atoms with van der Waals surface area (Å²) < 4.78 is 10.7. The summed E-state index contributed by atoms with van der Waals surface area (Å²) in [7, 11) is 0. The second-order valence-electron chi connectivity index (χ2n) is 10.1. The average molecular weight is 520 g/mol. The highest BCUT2D eigenvalue weighted by molar-refractivity contribution is 5.75. The molecule has 0 aromatic carbocycles. The SMILES string of the molecule is CCCCCCCCCCCCCCCCCC(=O)NC[C@H]1O[C@@H](OC(CO)CO)[C@H](O)[C@@H](O)[C@@H]1O. The van der Waals surface area contributed by atoms with Gasteiger partial charge in [0, 0.05) is 13.0 Å². The first-order chi connectivity index (χ1) is 17.4. The van der Waals surface area contributed by atoms with E-state index < -0.39 is 50.0 Å². The van der Waals surface area contributed by atoms with Gasteiger partial charge < -0.3 is 40.3 Å². The van der Waals surface area contributed by atoms with Gasteiger partial charge in [-0.15, -0.1) is 0 Å². The molecule has 0 aromatic heterocycles. The highest BCUT2D eigenvalue weighted by atomic mass is 16.7. The van der Waals surface area contributed by atoms with Crippen molar-refractivity contribution in [3.8, 4) is 0 Å². The molecule has 1 aliphatic heterocycles. The summed E-state index contributed by atoms with van der Waals surface area (Å²) in [6.07, 6.45) is 11.5. The van der Waals surface area contributed by atoms with Gasteiger partial charge in [0.05, 0.1) is 13.2 Å². The fourth-order valence-corrected chi connectivity index (χ4v) is 4.49. The van der Waals surface area contributed by atoms with Crippen LogP contribution in [0.2, 0.25) is 0 Å². The minimum absolute atomic E-state index is 0.0503. The average Bonchev–Trinajstić information content (AvgIpc) is 2.88. The third-order valence-corrected chi connectivity index (χ3v) is 6.91. The van der Waals surface area contributed by atoms with Gasteiger partial charge >= 0.3 is 0 Å². The molecule has 0 aliphatic carbocycles. The van der Waals surface area contributed by atoms with Gasteiger partial charge in [-0.3, -0.25) is 4.79 Å². The van der Waals surface area contributed by atoms with Crippen LogP contribution in [0.3, 0.4) is 0 Å². The van der Waals surface area contributed by atoms with Crippen LogP contribution in [0.25, 0.3) is 0 Å². The van der Waals surface area contributed by atoms with E-state index in [4.69, 9.17) is 19.7 Å². The highest BCUT2D eigenvalue weighted by Crippen LogP contribution is 2.23. The molecule has 0 radical (unpaired) electrons. The molecule has 36 heavy (non-hydrogen) atoms. The standard InChI is InChI=1S/C27H53NO8/c1-2-3-4-5-6-7-8-9-10-11-12-13-14-15-16-17-23(31)28-18-22-24(32)25(33)26(34)27(36-22)35-21(19-29)20-30/h21-22,24-27,29-30,32-34H,2-20H2,1H3,(H,28,31)/t22-,24-,25+,26-,27-/m1/s1. The van der Waals surface area contributed by atoms with E-state index >= 15 is 0 Å². The lowest BCUT2D eigenvalue weighted by Gasteiger charge is -2.41. The number of hydrogen-bond acceptors (Lipinski definition) is 8. The number of hydrogen-bond donors (Lipinski definition) is 6. The van der Waals surface area contributed by atoms with E-state index in [0.29, 0.717) is 6.42 Å². The van der Waals surface area contributed by atoms with Crippen molar-refractivity contribution in [1.29, 1.82) is 0 Å². The molecule has 0 unspecified atom stereocenters. The molecule has 1 saturated heterocycles. The van der Waals surface area contributed by atoms with E-state index in [1.807, 2.05) is 0 Å². The first-order valence-corrected chi connectivity index (χ1v) is 14.3. The van der Waals surface area contributed by atoms with Gasteiger partial charge in [-0.05, 0) is 6.42 Å². The summed E-state index contributed by atoms with van der Waals surface area (Å²) in [6.45, 7) is 1.21. The first kappa shape index (κ1) is 33.2. The van der Waals surface area contributed by atoms with Crippen LogP contribution in [0.5, 0.6) is 0 Å². The molecule has 1 heterocycles. The Morgan fingerprint density at radius 2 is 1.22 bits per heavy atom. The Morgan fingerprint density at radius 1 is 0.750 bits per heavy atom. The molecule has 1 amide bonds. The van der Waals surface area contributed by atoms with Crippen LogP contribution in [0, 0.1) is 0 Å². The lowest BCUT2D eigenvalue weighted by molar-refractivity contribution is -0.309. The van der Waals surface area contributed by atoms with Crippen LogP contribution in [0.4, 0.5) is 0 Å². The van der Waals surface area contributed by atoms with Crippen LogP contribution in [-0.2, 0) is 14.3 Å². The predicted molar refractivity (Wildman–Crippen MR) is 138 cm³/mol. The molecule has 1 fully saturated rings. The summed E-state index contributed by atoms with van der Waals surface area (Å²) in [5.41, 5.74) is 0. The van der Waals surface area contributed by atoms with Gasteiger partial charge in [0.15, 0.2) is 6.29 Å². The Hall–Kier alpha value is -0.810. The normalized spacial score (nSPS) is 24.4. The van der Waals surface area contributed by atoms with Crippen molar-refractivity contribution < 1.29 is 39.8 Å². The third-order valence-electron chi connectivity index (χ3n) is 6.91. The number of amides is 1. The van der Waals surface area contributed by atoms with Crippen molar-refractivity contribution in [2.45, 2.75) is 146 Å². The highest BCUT2D eigenvalue weighted by Gasteiger charge is 2.45. The molecule has 214 valence electrons. The quantitative estimate of drug-likeness (QED) is 0.120. The lowest BCUT2D eigenvalue weighted by Crippen LogP contribution is -2.61. The molecule has 1 rings (SSSR count). The lowest BCUT2D eigenvalue weighted by atomic mass is 9.98. The molecule has 0 aromatic rings. The fraction of sp³-hybridized carbons (Fsp3) is 0.963. The number of carbonyl (C=O) groups is 1. The molecule has 9 nitrogen and oxygen atoms in total. The topological polar surface area (TPSA) is 149 Å². The minimum atomic E-state index is -1.55. The number of rotatable bonds is 22. The number of unbranched alkanes of at least 4 members (excludes halogenated alkanes) is 14. The Labute approximate surface area is 217 Å². The molecular weight excluding hydrogens is 466 g/mol. The zero-order valence-electron chi connectivity index (χ0n) is 22.4. The van der Waals surface area contributed by atoms with Crippen molar-refractivity contribution in [2.24, 2.45) is 0 Å². The van der Waals surface area contributed by atoms with Crippen LogP contribution in [-0.4, -0.2) is 88.0 Å². The van der Waals surface area contributed by atoms with Crippen LogP contribution < -0.4 is 5.32 Å². The van der Waals surface area contributed by atoms with E-state index in [2.05, 4.69) is 12.2 Å². The third kappa shape index (κ3) is 14.2. The monoisotopic (exact) mass is 519 g/mol. The minimum Gasteiger partial charge on any atom is -0.394 e. The van der Waals surface area contributed by atoms with Crippen molar-refractivity contribution in [3.05, 3.63) is 0 Å². The molecule has 0 saturated carbocycles. The van der Waals surface area contributed by atoms with E-state index in [-0.39, 0.29) is 12.5 Å². The summed E-state index contributed by atoms with van der Waals surface area (Å²) in [6, 6.07) is 0. The summed E-state index contributed by atoms with van der Waals surface area (Å²) in [4.78, 5) is 12.2. The number of aliphatic hydroxyl groups excluding tert-OH is 5. The first-order valence-electron chi connectivity index (χ1n) is 14.3. The van der Waals surface area contributed by atoms with Crippen LogP contribution in [0.1, 0.15) is 110 Å². The maximum absolute atomic E-state index is 12.2. The second kappa shape index (κ2) is 21.2. The van der Waals surface area contributed by atoms with Crippen molar-refractivity contribution >= 4 is 5.91 Å². The second-order valence-corrected chi connectivity index (χ2v) is 10.1. The van der Waals surface area contributed by atoms with E-state index in [1.165, 1.54) is 77.0 Å². The Morgan fingerprint density at radius 3 is 1.69 bits per heavy atom. The Bertz CT molecular complexity index is 534. The fourth-order valence-electron chi connectivity index (χ4n) is 4.49. The zero-order chi connectivity index (χ0) is 26.6. The van der Waals surface area contributed by atoms with Gasteiger partial charge in [-0.2, -0.15) is 0 Å². The molecule has 0 spiro atoms. The summed E-state index contributed by atoms with van der Waals surface area (Å²) in [5, 5.41) is 51.2. The van der Waals surface area contributed by atoms with Crippen molar-refractivity contribution in [1.82, 2.24) is 5.32 Å². The summed E-state index contributed by atoms with van der Waals surface area (Å²) >= 11 is 0. The Kier molecular flexibility index (Phi) is 19.5. The molecular formula is C27H53NO8. The zero-order valence-corrected chi connectivity index (χ0v) is 22.4. The largest absolute Gasteiger partial charge is 0.394 e. The molecule has 9 heteroatoms. The smallest absolute Gasteiger partial charge is 0.220 e. The number of ether oxygens (including phenoxy) is 2. The molecule has 5 atom stereocenters. The van der Waals surface area contributed by atoms with Gasteiger partial charge in [-0.1, -0.05) is 96.8 Å². The summed E-state index contributed by atoms with van der Waals surface area (Å²) in [5.74, 6) is -0.165. The molecule has 0 bridgehead atoms. The van der Waals surface area contributed by atoms with Crippen LogP contribution >= 0.6 is 0 Å². The van der Waals surface area contributed by atoms with E-state index in [9.17, 15) is 20.1 Å². The van der Waals surface area contributed by atoms with Gasteiger partial charge in [0.1, 0.15) is 30.5 Å². The van der Waals surface area contributed by atoms with Gasteiger partial charge in [-0.25, -0.2) is 0 Å². The molecule has 1 aliphatic rings. The van der Waals surface area contributed by atoms with Gasteiger partial charge in [0.25, 0.3) is 0 Å². The van der Waals surface area contributed by atoms with Gasteiger partial charge in [0.2, 0.25) is 5.91 Å². The maximum atomic E-state index is 12.2. The predicted octanol–water partition coefficient (Wildman–Crippen LogP) is 2.54. The molecule has 6 N–H and O–H groups in total.